The summed E-state index contributed by atoms with van der Waals surface area (Å²) in [5.41, 5.74) is 5.26. The molecule has 0 bridgehead atoms. The van der Waals surface area contributed by atoms with E-state index >= 15 is 0 Å². The number of rotatable bonds is 6. The molecule has 1 N–H and O–H groups in total. The third-order valence-electron chi connectivity index (χ3n) is 5.76. The lowest BCUT2D eigenvalue weighted by Crippen LogP contribution is -2.49. The van der Waals surface area contributed by atoms with Gasteiger partial charge < -0.3 is 10.2 Å². The highest BCUT2D eigenvalue weighted by atomic mass is 19.1. The molecule has 1 heterocycles. The van der Waals surface area contributed by atoms with E-state index in [1.54, 1.807) is 17.0 Å². The Morgan fingerprint density at radius 3 is 2.45 bits per heavy atom. The summed E-state index contributed by atoms with van der Waals surface area (Å²) in [6.07, 6.45) is 0.968. The van der Waals surface area contributed by atoms with Crippen LogP contribution >= 0.6 is 0 Å². The molecule has 1 fully saturated rings. The zero-order chi connectivity index (χ0) is 23.4. The van der Waals surface area contributed by atoms with E-state index in [-0.39, 0.29) is 24.2 Å². The Hall–Kier alpha value is -3.67. The number of nitrogens with one attached hydrogen (secondary N) is 1. The Morgan fingerprint density at radius 2 is 1.70 bits per heavy atom. The lowest BCUT2D eigenvalue weighted by molar-refractivity contribution is -0.115. The highest BCUT2D eigenvalue weighted by Crippen LogP contribution is 2.30. The maximum atomic E-state index is 13.4. The summed E-state index contributed by atoms with van der Waals surface area (Å²) < 4.78 is 13.2. The van der Waals surface area contributed by atoms with Crippen LogP contribution in [0.5, 0.6) is 0 Å². The van der Waals surface area contributed by atoms with E-state index in [0.717, 1.165) is 23.1 Å². The summed E-state index contributed by atoms with van der Waals surface area (Å²) in [6, 6.07) is 19.7. The van der Waals surface area contributed by atoms with E-state index in [1.807, 2.05) is 55.1 Å². The Morgan fingerprint density at radius 1 is 0.939 bits per heavy atom. The Labute approximate surface area is 193 Å². The second kappa shape index (κ2) is 9.86. The van der Waals surface area contributed by atoms with Crippen LogP contribution in [0.2, 0.25) is 0 Å². The van der Waals surface area contributed by atoms with Crippen molar-refractivity contribution in [2.75, 3.05) is 23.3 Å². The van der Waals surface area contributed by atoms with Gasteiger partial charge in [0.1, 0.15) is 5.82 Å². The summed E-state index contributed by atoms with van der Waals surface area (Å²) >= 11 is 0. The summed E-state index contributed by atoms with van der Waals surface area (Å²) in [4.78, 5) is 29.7. The monoisotopic (exact) mass is 445 g/mol. The van der Waals surface area contributed by atoms with E-state index < -0.39 is 0 Å². The minimum absolute atomic E-state index is 0.0688. The minimum atomic E-state index is -0.334. The number of halogens is 1. The third kappa shape index (κ3) is 5.58. The quantitative estimate of drug-likeness (QED) is 0.548. The molecule has 1 aliphatic heterocycles. The fourth-order valence-electron chi connectivity index (χ4n) is 4.15. The summed E-state index contributed by atoms with van der Waals surface area (Å²) in [5, 5.41) is 2.96. The predicted molar refractivity (Wildman–Crippen MR) is 129 cm³/mol. The van der Waals surface area contributed by atoms with Crippen molar-refractivity contribution < 1.29 is 14.0 Å². The molecule has 4 rings (SSSR count). The molecule has 0 aliphatic carbocycles. The highest BCUT2D eigenvalue weighted by Gasteiger charge is 2.28. The molecule has 0 unspecified atom stereocenters. The molecule has 6 heteroatoms. The largest absolute Gasteiger partial charge is 0.324 e. The number of anilines is 2. The van der Waals surface area contributed by atoms with E-state index in [0.29, 0.717) is 31.0 Å². The van der Waals surface area contributed by atoms with E-state index in [1.165, 1.54) is 17.7 Å². The Kier molecular flexibility index (Phi) is 6.73. The summed E-state index contributed by atoms with van der Waals surface area (Å²) in [5.74, 6) is -0.548. The normalized spacial score (nSPS) is 13.8. The Bertz CT molecular complexity index is 1160. The zero-order valence-corrected chi connectivity index (χ0v) is 19.0. The number of urea groups is 1. The van der Waals surface area contributed by atoms with Crippen LogP contribution in [-0.4, -0.2) is 29.9 Å². The highest BCUT2D eigenvalue weighted by molar-refractivity contribution is 6.01. The number of hydrogen-bond acceptors (Lipinski definition) is 2. The molecule has 0 spiro atoms. The average molecular weight is 446 g/mol. The maximum absolute atomic E-state index is 13.4. The van der Waals surface area contributed by atoms with E-state index in [9.17, 15) is 14.0 Å². The molecule has 0 aromatic heterocycles. The smallest absolute Gasteiger partial charge is 0.324 e. The number of benzene rings is 3. The molecule has 1 saturated heterocycles. The van der Waals surface area contributed by atoms with Crippen LogP contribution in [0.4, 0.5) is 20.6 Å². The van der Waals surface area contributed by atoms with Crippen molar-refractivity contribution in [1.82, 2.24) is 4.90 Å². The van der Waals surface area contributed by atoms with Gasteiger partial charge in [-0.2, -0.15) is 0 Å². The topological polar surface area (TPSA) is 52.6 Å². The first-order valence-corrected chi connectivity index (χ1v) is 11.2. The number of amides is 3. The van der Waals surface area contributed by atoms with Gasteiger partial charge in [0.2, 0.25) is 5.91 Å². The minimum Gasteiger partial charge on any atom is -0.324 e. The van der Waals surface area contributed by atoms with Gasteiger partial charge >= 0.3 is 6.03 Å². The summed E-state index contributed by atoms with van der Waals surface area (Å²) in [7, 11) is 0. The van der Waals surface area contributed by atoms with Gasteiger partial charge in [0, 0.05) is 19.6 Å². The van der Waals surface area contributed by atoms with Crippen LogP contribution in [0.25, 0.3) is 0 Å². The predicted octanol–water partition coefficient (Wildman–Crippen LogP) is 5.46. The van der Waals surface area contributed by atoms with Crippen molar-refractivity contribution in [1.29, 1.82) is 0 Å². The van der Waals surface area contributed by atoms with Gasteiger partial charge in [-0.3, -0.25) is 9.69 Å². The van der Waals surface area contributed by atoms with Crippen LogP contribution in [-0.2, 0) is 17.8 Å². The van der Waals surface area contributed by atoms with Gasteiger partial charge in [-0.1, -0.05) is 48.0 Å². The van der Waals surface area contributed by atoms with Crippen LogP contribution in [0.15, 0.2) is 66.7 Å². The molecule has 170 valence electrons. The molecular weight excluding hydrogens is 417 g/mol. The molecular formula is C27H28FN3O2. The molecule has 0 radical (unpaired) electrons. The fraction of sp³-hybridized carbons (Fsp3) is 0.259. The fourth-order valence-corrected chi connectivity index (χ4v) is 4.15. The molecule has 33 heavy (non-hydrogen) atoms. The van der Waals surface area contributed by atoms with Crippen LogP contribution in [0.3, 0.4) is 0 Å². The number of carbonyl (C=O) groups is 2. The average Bonchev–Trinajstić information content (AvgIpc) is 2.77. The molecule has 3 amide bonds. The van der Waals surface area contributed by atoms with E-state index in [2.05, 4.69) is 11.4 Å². The standard InChI is InChI=1S/C27H28FN3O2/c1-19-5-3-6-22(15-19)18-30-13-4-14-31(27(30)33)25-12-7-20(2)16-24(25)29-26(32)17-21-8-10-23(28)11-9-21/h3,5-12,15-16H,4,13-14,17-18H2,1-2H3,(H,29,32). The zero-order valence-electron chi connectivity index (χ0n) is 19.0. The first-order chi connectivity index (χ1) is 15.9. The molecule has 1 aliphatic rings. The molecule has 3 aromatic rings. The van der Waals surface area contributed by atoms with Crippen molar-refractivity contribution >= 4 is 23.3 Å². The first-order valence-electron chi connectivity index (χ1n) is 11.2. The number of hydrogen-bond donors (Lipinski definition) is 1. The molecule has 0 atom stereocenters. The van der Waals surface area contributed by atoms with Gasteiger partial charge in [-0.15, -0.1) is 0 Å². The van der Waals surface area contributed by atoms with E-state index in [4.69, 9.17) is 0 Å². The lowest BCUT2D eigenvalue weighted by Gasteiger charge is -2.36. The molecule has 5 nitrogen and oxygen atoms in total. The Balaban J connectivity index is 1.52. The SMILES string of the molecule is Cc1cccc(CN2CCCN(c3ccc(C)cc3NC(=O)Cc3ccc(F)cc3)C2=O)c1. The number of aryl methyl sites for hydroxylation is 2. The van der Waals surface area contributed by atoms with Crippen molar-refractivity contribution in [3.63, 3.8) is 0 Å². The van der Waals surface area contributed by atoms with Crippen LogP contribution in [0.1, 0.15) is 28.7 Å². The maximum Gasteiger partial charge on any atom is 0.324 e. The van der Waals surface area contributed by atoms with Gasteiger partial charge in [0.05, 0.1) is 17.8 Å². The second-order valence-corrected chi connectivity index (χ2v) is 8.57. The number of carbonyl (C=O) groups excluding carboxylic acids is 2. The van der Waals surface area contributed by atoms with Gasteiger partial charge in [0.25, 0.3) is 0 Å². The van der Waals surface area contributed by atoms with Gasteiger partial charge in [-0.25, -0.2) is 9.18 Å². The second-order valence-electron chi connectivity index (χ2n) is 8.57. The van der Waals surface area contributed by atoms with Crippen LogP contribution < -0.4 is 10.2 Å². The summed E-state index contributed by atoms with van der Waals surface area (Å²) in [6.45, 7) is 5.83. The van der Waals surface area contributed by atoms with Crippen LogP contribution in [0, 0.1) is 19.7 Å². The van der Waals surface area contributed by atoms with Crippen molar-refractivity contribution in [3.05, 3.63) is 94.8 Å². The van der Waals surface area contributed by atoms with Gasteiger partial charge in [-0.05, 0) is 61.2 Å². The third-order valence-corrected chi connectivity index (χ3v) is 5.76. The first kappa shape index (κ1) is 22.5. The number of nitrogens with zero attached hydrogens (tertiary/aromatic N) is 2. The lowest BCUT2D eigenvalue weighted by atomic mass is 10.1. The molecule has 0 saturated carbocycles. The van der Waals surface area contributed by atoms with Gasteiger partial charge in [0.15, 0.2) is 0 Å². The van der Waals surface area contributed by atoms with Crippen molar-refractivity contribution in [3.8, 4) is 0 Å². The molecule has 3 aromatic carbocycles. The van der Waals surface area contributed by atoms with Crippen molar-refractivity contribution in [2.24, 2.45) is 0 Å². The van der Waals surface area contributed by atoms with Crippen molar-refractivity contribution in [2.45, 2.75) is 33.2 Å².